The van der Waals surface area contributed by atoms with E-state index in [1.165, 1.54) is 9.80 Å². The molecule has 3 aliphatic heterocycles. The van der Waals surface area contributed by atoms with Crippen molar-refractivity contribution >= 4 is 35.4 Å². The summed E-state index contributed by atoms with van der Waals surface area (Å²) in [6.45, 7) is 2.55. The van der Waals surface area contributed by atoms with E-state index < -0.39 is 0 Å². The fourth-order valence-corrected chi connectivity index (χ4v) is 6.53. The average Bonchev–Trinajstić information content (AvgIpc) is 3.55. The standard InChI is InChI=1S/C40H36N4O8/c45-35(29-13-9-27(10-14-29)25-43-37(47)31-5-1-2-6-32(31)38(43)48)41-17-21-51-23-19-42(20-24-52-22-18-41)36(46)30-15-11-28(12-16-30)26-44-39(49)33-7-3-4-8-34(33)40(44)50/h1-16H,17-26H2. The van der Waals surface area contributed by atoms with Crippen LogP contribution in [0.25, 0.3) is 0 Å². The van der Waals surface area contributed by atoms with Crippen molar-refractivity contribution in [3.05, 3.63) is 142 Å². The molecule has 0 aromatic heterocycles. The number of fused-ring (bicyclic) bond motifs is 2. The molecule has 6 amide bonds. The number of benzene rings is 4. The van der Waals surface area contributed by atoms with E-state index in [1.54, 1.807) is 107 Å². The molecule has 7 rings (SSSR count). The van der Waals surface area contributed by atoms with Gasteiger partial charge in [-0.1, -0.05) is 48.5 Å². The molecule has 0 spiro atoms. The quantitative estimate of drug-likeness (QED) is 0.277. The van der Waals surface area contributed by atoms with Gasteiger partial charge in [-0.25, -0.2) is 0 Å². The Bertz CT molecular complexity index is 1820. The lowest BCUT2D eigenvalue weighted by Gasteiger charge is -2.27. The van der Waals surface area contributed by atoms with Crippen molar-refractivity contribution < 1.29 is 38.2 Å². The van der Waals surface area contributed by atoms with Gasteiger partial charge in [0.15, 0.2) is 0 Å². The van der Waals surface area contributed by atoms with Crippen LogP contribution < -0.4 is 0 Å². The number of imide groups is 2. The molecule has 264 valence electrons. The van der Waals surface area contributed by atoms with E-state index in [9.17, 15) is 28.8 Å². The first-order valence-electron chi connectivity index (χ1n) is 17.1. The minimum absolute atomic E-state index is 0.107. The van der Waals surface area contributed by atoms with Crippen LogP contribution in [0.1, 0.15) is 73.3 Å². The minimum atomic E-state index is -0.332. The molecule has 3 heterocycles. The highest BCUT2D eigenvalue weighted by Gasteiger charge is 2.36. The first-order valence-corrected chi connectivity index (χ1v) is 17.1. The number of nitrogens with zero attached hydrogens (tertiary/aromatic N) is 4. The molecular formula is C40H36N4O8. The predicted molar refractivity (Wildman–Crippen MR) is 188 cm³/mol. The molecule has 12 heteroatoms. The van der Waals surface area contributed by atoms with Gasteiger partial charge in [0.25, 0.3) is 35.4 Å². The molecule has 1 saturated heterocycles. The third-order valence-electron chi connectivity index (χ3n) is 9.44. The van der Waals surface area contributed by atoms with Crippen molar-refractivity contribution in [3.8, 4) is 0 Å². The average molecular weight is 701 g/mol. The molecule has 1 fully saturated rings. The molecule has 52 heavy (non-hydrogen) atoms. The number of amides is 6. The number of rotatable bonds is 6. The van der Waals surface area contributed by atoms with Crippen molar-refractivity contribution in [2.24, 2.45) is 0 Å². The summed E-state index contributed by atoms with van der Waals surface area (Å²) in [6, 6.07) is 27.2. The Morgan fingerprint density at radius 3 is 1.02 bits per heavy atom. The highest BCUT2D eigenvalue weighted by Crippen LogP contribution is 2.26. The Kier molecular flexibility index (Phi) is 10.0. The first-order chi connectivity index (χ1) is 25.3. The lowest BCUT2D eigenvalue weighted by molar-refractivity contribution is 0.0304. The van der Waals surface area contributed by atoms with Gasteiger partial charge in [-0.05, 0) is 59.7 Å². The van der Waals surface area contributed by atoms with Crippen LogP contribution in [0.3, 0.4) is 0 Å². The molecule has 0 N–H and O–H groups in total. The molecular weight excluding hydrogens is 664 g/mol. The SMILES string of the molecule is O=C(c1ccc(CN2C(=O)c3ccccc3C2=O)cc1)N1CCOCCN(C(=O)c2ccc(CN3C(=O)c4ccccc4C3=O)cc2)CCOCC1. The minimum Gasteiger partial charge on any atom is -0.378 e. The summed E-state index contributed by atoms with van der Waals surface area (Å²) in [5.74, 6) is -1.72. The summed E-state index contributed by atoms with van der Waals surface area (Å²) in [4.78, 5) is 83.6. The van der Waals surface area contributed by atoms with Crippen molar-refractivity contribution in [3.63, 3.8) is 0 Å². The zero-order chi connectivity index (χ0) is 36.2. The smallest absolute Gasteiger partial charge is 0.261 e. The number of ether oxygens (including phenoxy) is 2. The van der Waals surface area contributed by atoms with Crippen molar-refractivity contribution in [1.29, 1.82) is 0 Å². The van der Waals surface area contributed by atoms with Gasteiger partial charge >= 0.3 is 0 Å². The maximum atomic E-state index is 13.4. The van der Waals surface area contributed by atoms with Crippen molar-refractivity contribution in [2.45, 2.75) is 13.1 Å². The molecule has 0 aliphatic carbocycles. The Labute approximate surface area is 300 Å². The highest BCUT2D eigenvalue weighted by molar-refractivity contribution is 6.22. The van der Waals surface area contributed by atoms with Gasteiger partial charge in [-0.2, -0.15) is 0 Å². The first kappa shape index (κ1) is 34.5. The van der Waals surface area contributed by atoms with Gasteiger partial charge in [-0.3, -0.25) is 38.6 Å². The monoisotopic (exact) mass is 700 g/mol. The molecule has 3 aliphatic rings. The summed E-state index contributed by atoms with van der Waals surface area (Å²) >= 11 is 0. The maximum Gasteiger partial charge on any atom is 0.261 e. The molecule has 0 bridgehead atoms. The predicted octanol–water partition coefficient (Wildman–Crippen LogP) is 3.91. The van der Waals surface area contributed by atoms with E-state index in [2.05, 4.69) is 0 Å². The van der Waals surface area contributed by atoms with E-state index in [0.29, 0.717) is 59.6 Å². The van der Waals surface area contributed by atoms with Gasteiger partial charge in [0.2, 0.25) is 0 Å². The van der Waals surface area contributed by atoms with Gasteiger partial charge in [-0.15, -0.1) is 0 Å². The number of carbonyl (C=O) groups is 6. The van der Waals surface area contributed by atoms with Crippen LogP contribution in [0.4, 0.5) is 0 Å². The molecule has 4 aromatic rings. The fourth-order valence-electron chi connectivity index (χ4n) is 6.53. The summed E-state index contributed by atoms with van der Waals surface area (Å²) in [7, 11) is 0. The maximum absolute atomic E-state index is 13.4. The third kappa shape index (κ3) is 6.98. The van der Waals surface area contributed by atoms with Crippen molar-refractivity contribution in [2.75, 3.05) is 52.6 Å². The molecule has 0 saturated carbocycles. The van der Waals surface area contributed by atoms with Crippen LogP contribution in [0.2, 0.25) is 0 Å². The number of hydrogen-bond donors (Lipinski definition) is 0. The lowest BCUT2D eigenvalue weighted by Crippen LogP contribution is -2.40. The molecule has 0 unspecified atom stereocenters. The Morgan fingerprint density at radius 2 is 0.731 bits per heavy atom. The normalized spacial score (nSPS) is 16.8. The van der Waals surface area contributed by atoms with Crippen LogP contribution >= 0.6 is 0 Å². The number of carbonyl (C=O) groups excluding carboxylic acids is 6. The van der Waals surface area contributed by atoms with Crippen LogP contribution in [0, 0.1) is 0 Å². The highest BCUT2D eigenvalue weighted by atomic mass is 16.5. The summed E-state index contributed by atoms with van der Waals surface area (Å²) in [5.41, 5.74) is 3.95. The number of hydrogen-bond acceptors (Lipinski definition) is 8. The van der Waals surface area contributed by atoms with Gasteiger partial charge in [0, 0.05) is 37.3 Å². The van der Waals surface area contributed by atoms with Gasteiger partial charge in [0.05, 0.1) is 61.8 Å². The van der Waals surface area contributed by atoms with Crippen LogP contribution in [-0.4, -0.2) is 108 Å². The summed E-state index contributed by atoms with van der Waals surface area (Å²) < 4.78 is 11.7. The lowest BCUT2D eigenvalue weighted by atomic mass is 10.1. The molecule has 0 atom stereocenters. The third-order valence-corrected chi connectivity index (χ3v) is 9.44. The van der Waals surface area contributed by atoms with Gasteiger partial charge in [0.1, 0.15) is 0 Å². The zero-order valence-corrected chi connectivity index (χ0v) is 28.4. The Balaban J connectivity index is 0.899. The van der Waals surface area contributed by atoms with Crippen molar-refractivity contribution in [1.82, 2.24) is 19.6 Å². The molecule has 4 aromatic carbocycles. The molecule has 0 radical (unpaired) electrons. The zero-order valence-electron chi connectivity index (χ0n) is 28.4. The Morgan fingerprint density at radius 1 is 0.442 bits per heavy atom. The van der Waals surface area contributed by atoms with Gasteiger partial charge < -0.3 is 19.3 Å². The topological polar surface area (TPSA) is 134 Å². The second kappa shape index (κ2) is 15.1. The second-order valence-corrected chi connectivity index (χ2v) is 12.7. The molecule has 12 nitrogen and oxygen atoms in total. The summed E-state index contributed by atoms with van der Waals surface area (Å²) in [6.07, 6.45) is 0. The second-order valence-electron chi connectivity index (χ2n) is 12.7. The summed E-state index contributed by atoms with van der Waals surface area (Å²) in [5, 5.41) is 0. The van der Waals surface area contributed by atoms with Crippen LogP contribution in [0.5, 0.6) is 0 Å². The van der Waals surface area contributed by atoms with E-state index in [0.717, 1.165) is 11.1 Å². The van der Waals surface area contributed by atoms with E-state index >= 15 is 0 Å². The fraction of sp³-hybridized carbons (Fsp3) is 0.250. The Hall–Kier alpha value is -5.98. The van der Waals surface area contributed by atoms with Crippen LogP contribution in [-0.2, 0) is 22.6 Å². The van der Waals surface area contributed by atoms with Crippen LogP contribution in [0.15, 0.2) is 97.1 Å². The largest absolute Gasteiger partial charge is 0.378 e. The van der Waals surface area contributed by atoms with E-state index in [1.807, 2.05) is 0 Å². The van der Waals surface area contributed by atoms with E-state index in [-0.39, 0.29) is 75.0 Å². The van der Waals surface area contributed by atoms with E-state index in [4.69, 9.17) is 9.47 Å².